The molecular weight excluding hydrogens is 943 g/mol. The number of piperidine rings is 1. The summed E-state index contributed by atoms with van der Waals surface area (Å²) in [7, 11) is 1.54. The number of anilines is 2. The minimum absolute atomic E-state index is 0.00390. The number of thiazole rings is 1. The number of ether oxygens (including phenoxy) is 3. The summed E-state index contributed by atoms with van der Waals surface area (Å²) in [5, 5.41) is 8.24. The van der Waals surface area contributed by atoms with Crippen LogP contribution in [0.15, 0.2) is 69.9 Å². The van der Waals surface area contributed by atoms with E-state index in [1.807, 2.05) is 31.2 Å². The van der Waals surface area contributed by atoms with E-state index in [1.165, 1.54) is 55.3 Å². The minimum Gasteiger partial charge on any atom is -0.496 e. The average molecular weight is 996 g/mol. The lowest BCUT2D eigenvalue weighted by molar-refractivity contribution is -0.136. The fourth-order valence-corrected chi connectivity index (χ4v) is 10.5. The molecule has 1 atom stereocenters. The Morgan fingerprint density at radius 1 is 0.886 bits per heavy atom. The van der Waals surface area contributed by atoms with Crippen LogP contribution >= 0.6 is 23.1 Å². The van der Waals surface area contributed by atoms with E-state index in [1.54, 1.807) is 28.1 Å². The van der Waals surface area contributed by atoms with Crippen LogP contribution in [-0.2, 0) is 23.9 Å². The first-order chi connectivity index (χ1) is 33.8. The molecule has 3 aromatic carbocycles. The van der Waals surface area contributed by atoms with Crippen molar-refractivity contribution in [3.8, 4) is 11.5 Å². The summed E-state index contributed by atoms with van der Waals surface area (Å²) in [6.45, 7) is 9.86. The number of aromatic nitrogens is 1. The molecule has 3 fully saturated rings. The minimum atomic E-state index is -1.11. The van der Waals surface area contributed by atoms with Gasteiger partial charge in [-0.25, -0.2) is 4.98 Å². The Balaban J connectivity index is 0.720. The van der Waals surface area contributed by atoms with E-state index in [0.29, 0.717) is 61.3 Å². The van der Waals surface area contributed by atoms with Crippen molar-refractivity contribution in [2.24, 2.45) is 0 Å². The predicted octanol–water partition coefficient (Wildman–Crippen LogP) is 2.90. The number of carbonyl (C=O) groups excluding carboxylic acids is 8. The summed E-state index contributed by atoms with van der Waals surface area (Å²) in [6.07, 6.45) is 1.73. The first-order valence-corrected chi connectivity index (χ1v) is 24.5. The molecule has 0 saturated carbocycles. The van der Waals surface area contributed by atoms with Gasteiger partial charge in [0.2, 0.25) is 17.7 Å². The van der Waals surface area contributed by atoms with Gasteiger partial charge in [-0.3, -0.25) is 58.8 Å². The number of nitrogens with one attached hydrogen (secondary N) is 3. The number of benzene rings is 3. The number of nitrogens with zero attached hydrogens (tertiary/aromatic N) is 6. The van der Waals surface area contributed by atoms with Gasteiger partial charge in [0.15, 0.2) is 11.7 Å². The third-order valence-corrected chi connectivity index (χ3v) is 14.6. The van der Waals surface area contributed by atoms with Crippen LogP contribution in [-0.4, -0.2) is 170 Å². The molecule has 20 nitrogen and oxygen atoms in total. The van der Waals surface area contributed by atoms with Crippen molar-refractivity contribution in [3.05, 3.63) is 88.6 Å². The fourth-order valence-electron chi connectivity index (χ4n) is 8.55. The van der Waals surface area contributed by atoms with Crippen molar-refractivity contribution < 1.29 is 52.6 Å². The molecule has 4 aliphatic rings. The van der Waals surface area contributed by atoms with E-state index in [-0.39, 0.29) is 60.6 Å². The topological polar surface area (TPSA) is 229 Å². The van der Waals surface area contributed by atoms with Crippen LogP contribution in [0.2, 0.25) is 0 Å². The van der Waals surface area contributed by atoms with Crippen LogP contribution in [0.25, 0.3) is 0 Å². The summed E-state index contributed by atoms with van der Waals surface area (Å²) in [6, 6.07) is 14.5. The number of fused-ring (bicyclic) bond motifs is 1. The smallest absolute Gasteiger partial charge is 0.266 e. The lowest BCUT2D eigenvalue weighted by Gasteiger charge is -2.36. The molecule has 4 aliphatic heterocycles. The Hall–Kier alpha value is -6.88. The zero-order valence-electron chi connectivity index (χ0n) is 38.9. The molecule has 8 amide bonds. The molecule has 5 heterocycles. The first-order valence-electron chi connectivity index (χ1n) is 22.9. The van der Waals surface area contributed by atoms with Crippen molar-refractivity contribution in [1.82, 2.24) is 35.2 Å². The van der Waals surface area contributed by atoms with Gasteiger partial charge >= 0.3 is 0 Å². The molecular formula is C48H53N9O11S2. The molecule has 22 heteroatoms. The SMILES string of the molecule is COc1cc(C)c(Sc2cnc(NC(=O)c3ccc(N4CCN(CCOCCNC(=O)COc5cccc6c5C(=O)N(C5CCC(=O)NC5=O)C6=O)CC4)cc3)s2)cc1C(=O)N1CCN(C(C)=O)CC1. The molecule has 0 aliphatic carbocycles. The molecule has 3 N–H and O–H groups in total. The molecule has 0 radical (unpaired) electrons. The number of rotatable bonds is 17. The molecule has 3 saturated heterocycles. The van der Waals surface area contributed by atoms with Gasteiger partial charge in [-0.05, 0) is 67.4 Å². The largest absolute Gasteiger partial charge is 0.496 e. The van der Waals surface area contributed by atoms with Crippen LogP contribution in [0.5, 0.6) is 11.5 Å². The highest BCUT2D eigenvalue weighted by molar-refractivity contribution is 8.01. The Morgan fingerprint density at radius 2 is 1.63 bits per heavy atom. The number of hydrogen-bond donors (Lipinski definition) is 3. The summed E-state index contributed by atoms with van der Waals surface area (Å²) in [4.78, 5) is 116. The molecule has 368 valence electrons. The maximum absolute atomic E-state index is 13.6. The average Bonchev–Trinajstić information content (AvgIpc) is 3.91. The zero-order chi connectivity index (χ0) is 49.5. The number of imide groups is 2. The van der Waals surface area contributed by atoms with Gasteiger partial charge in [0, 0.05) is 94.9 Å². The molecule has 0 bridgehead atoms. The van der Waals surface area contributed by atoms with Gasteiger partial charge in [-0.1, -0.05) is 29.2 Å². The Kier molecular flexibility index (Phi) is 15.7. The Bertz CT molecular complexity index is 2680. The Labute approximate surface area is 411 Å². The zero-order valence-corrected chi connectivity index (χ0v) is 40.6. The lowest BCUT2D eigenvalue weighted by Crippen LogP contribution is -2.54. The fraction of sp³-hybridized carbons (Fsp3) is 0.396. The van der Waals surface area contributed by atoms with Crippen LogP contribution in [0.3, 0.4) is 0 Å². The number of carbonyl (C=O) groups is 8. The van der Waals surface area contributed by atoms with E-state index in [0.717, 1.165) is 51.4 Å². The molecule has 0 spiro atoms. The van der Waals surface area contributed by atoms with E-state index in [4.69, 9.17) is 14.2 Å². The second kappa shape index (κ2) is 22.3. The van der Waals surface area contributed by atoms with Gasteiger partial charge in [0.1, 0.15) is 17.5 Å². The summed E-state index contributed by atoms with van der Waals surface area (Å²) in [5.41, 5.74) is 2.92. The lowest BCUT2D eigenvalue weighted by atomic mass is 10.0. The Morgan fingerprint density at radius 3 is 2.34 bits per heavy atom. The van der Waals surface area contributed by atoms with Crippen molar-refractivity contribution in [2.75, 3.05) is 103 Å². The molecule has 1 unspecified atom stereocenters. The number of piperazine rings is 2. The molecule has 4 aromatic rings. The van der Waals surface area contributed by atoms with Gasteiger partial charge in [-0.15, -0.1) is 0 Å². The summed E-state index contributed by atoms with van der Waals surface area (Å²) < 4.78 is 17.8. The first kappa shape index (κ1) is 49.5. The van der Waals surface area contributed by atoms with Crippen molar-refractivity contribution in [2.45, 2.75) is 41.8 Å². The van der Waals surface area contributed by atoms with Crippen molar-refractivity contribution in [1.29, 1.82) is 0 Å². The van der Waals surface area contributed by atoms with E-state index < -0.39 is 42.2 Å². The predicted molar refractivity (Wildman–Crippen MR) is 258 cm³/mol. The van der Waals surface area contributed by atoms with Gasteiger partial charge < -0.3 is 34.2 Å². The monoisotopic (exact) mass is 995 g/mol. The van der Waals surface area contributed by atoms with E-state index in [2.05, 4.69) is 30.7 Å². The third kappa shape index (κ3) is 11.4. The summed E-state index contributed by atoms with van der Waals surface area (Å²) >= 11 is 2.80. The summed E-state index contributed by atoms with van der Waals surface area (Å²) in [5.74, 6) is -2.90. The van der Waals surface area contributed by atoms with Crippen LogP contribution in [0, 0.1) is 6.92 Å². The third-order valence-electron chi connectivity index (χ3n) is 12.4. The van der Waals surface area contributed by atoms with E-state index >= 15 is 0 Å². The highest BCUT2D eigenvalue weighted by atomic mass is 32.2. The second-order valence-corrected chi connectivity index (χ2v) is 19.3. The van der Waals surface area contributed by atoms with E-state index in [9.17, 15) is 38.4 Å². The maximum Gasteiger partial charge on any atom is 0.266 e. The highest BCUT2D eigenvalue weighted by Crippen LogP contribution is 2.39. The quantitative estimate of drug-likeness (QED) is 0.102. The van der Waals surface area contributed by atoms with Crippen LogP contribution < -0.4 is 30.3 Å². The number of hydrogen-bond acceptors (Lipinski definition) is 16. The number of aryl methyl sites for hydroxylation is 1. The van der Waals surface area contributed by atoms with Crippen molar-refractivity contribution >= 4 is 81.2 Å². The second-order valence-electron chi connectivity index (χ2n) is 16.9. The van der Waals surface area contributed by atoms with Crippen molar-refractivity contribution in [3.63, 3.8) is 0 Å². The standard InChI is InChI=1S/C48H53N9O11S2/c1-29-25-37(66-3)34(45(63)56-20-18-54(19-21-56)30(2)58)26-38(29)69-41-27-50-48(70-41)52-43(61)31-7-9-32(10-8-31)55-16-14-53(15-17-55)22-24-67-23-13-49-40(60)28-68-36-6-4-5-33-42(36)47(65)57(46(33)64)35-11-12-39(59)51-44(35)62/h4-10,25-27,35H,11-24,28H2,1-3H3,(H,49,60)(H,50,52,61)(H,51,59,62). The molecule has 70 heavy (non-hydrogen) atoms. The maximum atomic E-state index is 13.6. The number of amides is 8. The van der Waals surface area contributed by atoms with Gasteiger partial charge in [0.25, 0.3) is 29.5 Å². The van der Waals surface area contributed by atoms with Crippen LogP contribution in [0.1, 0.15) is 66.8 Å². The highest BCUT2D eigenvalue weighted by Gasteiger charge is 2.46. The van der Waals surface area contributed by atoms with Gasteiger partial charge in [0.05, 0.1) is 47.4 Å². The normalized spacial score (nSPS) is 17.3. The molecule has 8 rings (SSSR count). The number of methoxy groups -OCH3 is 1. The molecule has 1 aromatic heterocycles. The van der Waals surface area contributed by atoms with Crippen LogP contribution in [0.4, 0.5) is 10.8 Å². The van der Waals surface area contributed by atoms with Gasteiger partial charge in [-0.2, -0.15) is 0 Å².